The first-order valence-electron chi connectivity index (χ1n) is 9.61. The number of nitrogens with zero attached hydrogens (tertiary/aromatic N) is 1. The molecule has 0 bridgehead atoms. The number of nitrogens with one attached hydrogen (secondary N) is 3. The first-order chi connectivity index (χ1) is 13.2. The Labute approximate surface area is 162 Å². The largest absolute Gasteiger partial charge is 0.361 e. The predicted octanol–water partition coefficient (Wildman–Crippen LogP) is 3.64. The van der Waals surface area contributed by atoms with E-state index in [0.29, 0.717) is 12.6 Å². The zero-order valence-electron chi connectivity index (χ0n) is 15.4. The molecule has 5 rings (SSSR count). The van der Waals surface area contributed by atoms with Crippen LogP contribution in [0.3, 0.4) is 0 Å². The van der Waals surface area contributed by atoms with Gasteiger partial charge in [-0.25, -0.2) is 10.9 Å². The molecule has 2 unspecified atom stereocenters. The highest BCUT2D eigenvalue weighted by atomic mass is 32.1. The molecule has 2 aliphatic rings. The number of hydrogen-bond donors (Lipinski definition) is 3. The molecule has 1 saturated carbocycles. The Morgan fingerprint density at radius 3 is 2.85 bits per heavy atom. The molecular formula is C21H24N4OS. The van der Waals surface area contributed by atoms with Gasteiger partial charge in [-0.15, -0.1) is 11.3 Å². The van der Waals surface area contributed by atoms with Crippen molar-refractivity contribution in [2.45, 2.75) is 50.9 Å². The number of aromatic amines is 1. The van der Waals surface area contributed by atoms with Crippen LogP contribution in [0.1, 0.15) is 40.6 Å². The van der Waals surface area contributed by atoms with Crippen LogP contribution in [0.15, 0.2) is 42.6 Å². The molecular weight excluding hydrogens is 356 g/mol. The molecule has 1 aliphatic carbocycles. The van der Waals surface area contributed by atoms with E-state index in [1.54, 1.807) is 11.3 Å². The molecule has 6 heteroatoms. The molecule has 27 heavy (non-hydrogen) atoms. The van der Waals surface area contributed by atoms with Gasteiger partial charge in [0.15, 0.2) is 0 Å². The number of rotatable bonds is 5. The third-order valence-electron chi connectivity index (χ3n) is 5.55. The van der Waals surface area contributed by atoms with Gasteiger partial charge in [0.1, 0.15) is 6.04 Å². The minimum atomic E-state index is -0.158. The van der Waals surface area contributed by atoms with Crippen molar-refractivity contribution in [3.8, 4) is 0 Å². The van der Waals surface area contributed by atoms with E-state index in [9.17, 15) is 4.79 Å². The van der Waals surface area contributed by atoms with Gasteiger partial charge in [-0.2, -0.15) is 0 Å². The van der Waals surface area contributed by atoms with Crippen molar-refractivity contribution >= 4 is 28.1 Å². The summed E-state index contributed by atoms with van der Waals surface area (Å²) in [7, 11) is 0. The minimum Gasteiger partial charge on any atom is -0.361 e. The average Bonchev–Trinajstić information content (AvgIpc) is 3.07. The van der Waals surface area contributed by atoms with Crippen LogP contribution in [0.4, 0.5) is 0 Å². The number of hydrazine groups is 1. The molecule has 0 spiro atoms. The normalized spacial score (nSPS) is 22.4. The number of carbonyl (C=O) groups is 1. The van der Waals surface area contributed by atoms with Gasteiger partial charge in [-0.05, 0) is 67.5 Å². The van der Waals surface area contributed by atoms with Crippen molar-refractivity contribution in [3.05, 3.63) is 57.9 Å². The molecule has 3 heterocycles. The fourth-order valence-electron chi connectivity index (χ4n) is 3.92. The van der Waals surface area contributed by atoms with Crippen LogP contribution >= 0.6 is 11.3 Å². The van der Waals surface area contributed by atoms with Crippen molar-refractivity contribution in [1.82, 2.24) is 20.7 Å². The van der Waals surface area contributed by atoms with Crippen LogP contribution in [0, 0.1) is 6.92 Å². The second kappa shape index (κ2) is 6.78. The number of aryl methyl sites for hydroxylation is 1. The molecule has 3 aromatic rings. The number of aromatic nitrogens is 1. The maximum Gasteiger partial charge on any atom is 0.241 e. The fourth-order valence-corrected chi connectivity index (χ4v) is 4.86. The smallest absolute Gasteiger partial charge is 0.241 e. The maximum absolute atomic E-state index is 13.2. The molecule has 5 nitrogen and oxygen atoms in total. The lowest BCUT2D eigenvalue weighted by Crippen LogP contribution is -2.46. The Hall–Kier alpha value is -2.15. The standard InChI is InChI=1S/C21H24N4OS/c1-13-2-7-20(27-13)18-11-19(24-23-18)21(26)25(16-4-5-16)12-14-3-6-17-15(10-14)8-9-22-17/h2-3,6-10,16,18-19,22-24H,4-5,11-12H2,1H3. The van der Waals surface area contributed by atoms with Crippen LogP contribution in [0.25, 0.3) is 10.9 Å². The second-order valence-corrected chi connectivity index (χ2v) is 8.99. The summed E-state index contributed by atoms with van der Waals surface area (Å²) in [6.45, 7) is 2.81. The number of benzene rings is 1. The summed E-state index contributed by atoms with van der Waals surface area (Å²) in [5, 5.41) is 1.20. The minimum absolute atomic E-state index is 0.158. The Bertz CT molecular complexity index is 973. The van der Waals surface area contributed by atoms with Crippen molar-refractivity contribution in [3.63, 3.8) is 0 Å². The first kappa shape index (κ1) is 17.0. The summed E-state index contributed by atoms with van der Waals surface area (Å²) in [5.74, 6) is 0.218. The molecule has 1 aliphatic heterocycles. The highest BCUT2D eigenvalue weighted by Gasteiger charge is 2.39. The van der Waals surface area contributed by atoms with E-state index in [2.05, 4.69) is 64.1 Å². The number of fused-ring (bicyclic) bond motifs is 1. The highest BCUT2D eigenvalue weighted by Crippen LogP contribution is 2.33. The van der Waals surface area contributed by atoms with Gasteiger partial charge in [-0.3, -0.25) is 4.79 Å². The summed E-state index contributed by atoms with van der Waals surface area (Å²) >= 11 is 1.80. The van der Waals surface area contributed by atoms with Crippen LogP contribution in [-0.4, -0.2) is 27.9 Å². The summed E-state index contributed by atoms with van der Waals surface area (Å²) in [4.78, 5) is 21.2. The highest BCUT2D eigenvalue weighted by molar-refractivity contribution is 7.12. The SMILES string of the molecule is Cc1ccc(C2CC(C(=O)N(Cc3ccc4[nH]ccc4c3)C3CC3)NN2)s1. The van der Waals surface area contributed by atoms with Crippen LogP contribution in [0.2, 0.25) is 0 Å². The summed E-state index contributed by atoms with van der Waals surface area (Å²) in [6.07, 6.45) is 5.00. The summed E-state index contributed by atoms with van der Waals surface area (Å²) in [5.41, 5.74) is 8.90. The predicted molar refractivity (Wildman–Crippen MR) is 108 cm³/mol. The van der Waals surface area contributed by atoms with Gasteiger partial charge in [0.05, 0.1) is 6.04 Å². The van der Waals surface area contributed by atoms with Gasteiger partial charge in [0.2, 0.25) is 5.91 Å². The molecule has 2 aromatic heterocycles. The topological polar surface area (TPSA) is 60.2 Å². The lowest BCUT2D eigenvalue weighted by molar-refractivity contribution is -0.134. The van der Waals surface area contributed by atoms with Crippen molar-refractivity contribution in [2.75, 3.05) is 0 Å². The average molecular weight is 381 g/mol. The third-order valence-corrected chi connectivity index (χ3v) is 6.66. The number of hydrogen-bond acceptors (Lipinski definition) is 4. The summed E-state index contributed by atoms with van der Waals surface area (Å²) < 4.78 is 0. The Morgan fingerprint density at radius 1 is 1.19 bits per heavy atom. The van der Waals surface area contributed by atoms with Gasteiger partial charge in [-0.1, -0.05) is 6.07 Å². The Kier molecular flexibility index (Phi) is 4.27. The fraction of sp³-hybridized carbons (Fsp3) is 0.381. The molecule has 2 fully saturated rings. The first-order valence-corrected chi connectivity index (χ1v) is 10.4. The van der Waals surface area contributed by atoms with Crippen molar-refractivity contribution < 1.29 is 4.79 Å². The lowest BCUT2D eigenvalue weighted by atomic mass is 10.1. The van der Waals surface area contributed by atoms with E-state index < -0.39 is 0 Å². The maximum atomic E-state index is 13.2. The number of H-pyrrole nitrogens is 1. The van der Waals surface area contributed by atoms with E-state index >= 15 is 0 Å². The van der Waals surface area contributed by atoms with E-state index in [0.717, 1.165) is 24.8 Å². The second-order valence-electron chi connectivity index (χ2n) is 7.67. The van der Waals surface area contributed by atoms with Gasteiger partial charge in [0, 0.05) is 34.1 Å². The van der Waals surface area contributed by atoms with E-state index in [-0.39, 0.29) is 18.0 Å². The zero-order chi connectivity index (χ0) is 18.4. The van der Waals surface area contributed by atoms with E-state index in [1.807, 2.05) is 6.20 Å². The molecule has 1 amide bonds. The van der Waals surface area contributed by atoms with Gasteiger partial charge >= 0.3 is 0 Å². The van der Waals surface area contributed by atoms with Crippen molar-refractivity contribution in [1.29, 1.82) is 0 Å². The quantitative estimate of drug-likeness (QED) is 0.633. The molecule has 2 atom stereocenters. The number of carbonyl (C=O) groups excluding carboxylic acids is 1. The zero-order valence-corrected chi connectivity index (χ0v) is 16.2. The third kappa shape index (κ3) is 3.40. The van der Waals surface area contributed by atoms with Crippen LogP contribution < -0.4 is 10.9 Å². The molecule has 3 N–H and O–H groups in total. The van der Waals surface area contributed by atoms with Gasteiger partial charge < -0.3 is 9.88 Å². The van der Waals surface area contributed by atoms with Crippen LogP contribution in [0.5, 0.6) is 0 Å². The monoisotopic (exact) mass is 380 g/mol. The lowest BCUT2D eigenvalue weighted by Gasteiger charge is -2.25. The Balaban J connectivity index is 1.30. The Morgan fingerprint density at radius 2 is 2.07 bits per heavy atom. The van der Waals surface area contributed by atoms with E-state index in [1.165, 1.54) is 20.7 Å². The molecule has 140 valence electrons. The van der Waals surface area contributed by atoms with Crippen LogP contribution in [-0.2, 0) is 11.3 Å². The summed E-state index contributed by atoms with van der Waals surface area (Å²) in [6, 6.07) is 13.3. The molecule has 1 aromatic carbocycles. The van der Waals surface area contributed by atoms with E-state index in [4.69, 9.17) is 0 Å². The number of thiophene rings is 1. The van der Waals surface area contributed by atoms with Crippen molar-refractivity contribution in [2.24, 2.45) is 0 Å². The number of amides is 1. The molecule has 0 radical (unpaired) electrons. The van der Waals surface area contributed by atoms with Gasteiger partial charge in [0.25, 0.3) is 0 Å². The molecule has 1 saturated heterocycles.